The van der Waals surface area contributed by atoms with Gasteiger partial charge in [-0.15, -0.1) is 10.2 Å². The van der Waals surface area contributed by atoms with E-state index in [1.165, 1.54) is 11.8 Å². The van der Waals surface area contributed by atoms with Crippen LogP contribution in [0.4, 0.5) is 5.69 Å². The van der Waals surface area contributed by atoms with Gasteiger partial charge in [0.15, 0.2) is 11.0 Å². The molecule has 0 saturated carbocycles. The molecule has 1 N–H and O–H groups in total. The third kappa shape index (κ3) is 5.80. The van der Waals surface area contributed by atoms with Crippen LogP contribution >= 0.6 is 23.4 Å². The van der Waals surface area contributed by atoms with E-state index in [9.17, 15) is 4.79 Å². The van der Waals surface area contributed by atoms with Gasteiger partial charge in [-0.25, -0.2) is 0 Å². The number of amides is 1. The number of carbonyl (C=O) groups is 1. The Balaban J connectivity index is 1.64. The van der Waals surface area contributed by atoms with E-state index in [2.05, 4.69) is 35.4 Å². The van der Waals surface area contributed by atoms with E-state index >= 15 is 0 Å². The lowest BCUT2D eigenvalue weighted by Gasteiger charge is -2.18. The van der Waals surface area contributed by atoms with Crippen molar-refractivity contribution in [3.05, 3.63) is 64.4 Å². The molecule has 0 aliphatic heterocycles. The zero-order valence-corrected chi connectivity index (χ0v) is 19.9. The fraction of sp³-hybridized carbons (Fsp3) is 0.348. The number of thioether (sulfide) groups is 1. The fourth-order valence-corrected chi connectivity index (χ4v) is 3.99. The highest BCUT2D eigenvalue weighted by Gasteiger charge is 2.21. The van der Waals surface area contributed by atoms with Gasteiger partial charge in [0.1, 0.15) is 12.4 Å². The molecule has 1 aromatic heterocycles. The smallest absolute Gasteiger partial charge is 0.237 e. The monoisotopic (exact) mass is 458 g/mol. The number of aryl methyl sites for hydroxylation is 1. The van der Waals surface area contributed by atoms with E-state index in [0.717, 1.165) is 16.8 Å². The molecular formula is C23H27ClN4O2S. The van der Waals surface area contributed by atoms with Crippen molar-refractivity contribution in [2.75, 3.05) is 5.32 Å². The van der Waals surface area contributed by atoms with Crippen molar-refractivity contribution in [3.63, 3.8) is 0 Å². The minimum Gasteiger partial charge on any atom is -0.486 e. The Labute approximate surface area is 192 Å². The Hall–Kier alpha value is -2.51. The van der Waals surface area contributed by atoms with Crippen LogP contribution in [0.3, 0.4) is 0 Å². The number of hydrogen-bond donors (Lipinski definition) is 1. The lowest BCUT2D eigenvalue weighted by atomic mass is 9.98. The second-order valence-corrected chi connectivity index (χ2v) is 9.39. The fourth-order valence-electron chi connectivity index (χ4n) is 3.03. The number of hydrogen-bond acceptors (Lipinski definition) is 5. The Morgan fingerprint density at radius 2 is 1.87 bits per heavy atom. The van der Waals surface area contributed by atoms with E-state index in [1.54, 1.807) is 24.3 Å². The zero-order valence-electron chi connectivity index (χ0n) is 18.3. The van der Waals surface area contributed by atoms with Crippen LogP contribution in [0.5, 0.6) is 5.75 Å². The van der Waals surface area contributed by atoms with Crippen LogP contribution in [-0.4, -0.2) is 25.9 Å². The molecule has 1 atom stereocenters. The number of benzene rings is 2. The van der Waals surface area contributed by atoms with Crippen LogP contribution < -0.4 is 10.1 Å². The molecule has 0 bridgehead atoms. The normalized spacial score (nSPS) is 12.1. The molecule has 0 aliphatic carbocycles. The van der Waals surface area contributed by atoms with Crippen molar-refractivity contribution >= 4 is 35.0 Å². The lowest BCUT2D eigenvalue weighted by Crippen LogP contribution is -2.24. The molecular weight excluding hydrogens is 432 g/mol. The number of nitrogens with zero attached hydrogens (tertiary/aromatic N) is 3. The highest BCUT2D eigenvalue weighted by atomic mass is 35.5. The summed E-state index contributed by atoms with van der Waals surface area (Å²) in [6.45, 7) is 8.39. The predicted molar refractivity (Wildman–Crippen MR) is 126 cm³/mol. The van der Waals surface area contributed by atoms with Crippen molar-refractivity contribution in [2.45, 2.75) is 50.6 Å². The van der Waals surface area contributed by atoms with Gasteiger partial charge in [0.2, 0.25) is 5.91 Å². The molecule has 8 heteroatoms. The number of para-hydroxylation sites is 1. The minimum absolute atomic E-state index is 0.0665. The van der Waals surface area contributed by atoms with Crippen molar-refractivity contribution in [3.8, 4) is 5.75 Å². The molecule has 2 aromatic carbocycles. The Morgan fingerprint density at radius 1 is 1.16 bits per heavy atom. The molecule has 3 rings (SSSR count). The maximum atomic E-state index is 12.9. The first-order valence-corrected chi connectivity index (χ1v) is 11.4. The SMILES string of the molecule is Cc1cccc(C(C)C)c1NC(=O)C(C)Sc1nnc(COc2ccc(Cl)cc2)n1C. The maximum Gasteiger partial charge on any atom is 0.237 e. The Kier molecular flexibility index (Phi) is 7.62. The quantitative estimate of drug-likeness (QED) is 0.445. The average Bonchev–Trinajstić information content (AvgIpc) is 3.08. The highest BCUT2D eigenvalue weighted by Crippen LogP contribution is 2.29. The van der Waals surface area contributed by atoms with Gasteiger partial charge in [-0.3, -0.25) is 4.79 Å². The van der Waals surface area contributed by atoms with Crippen LogP contribution in [0.1, 0.15) is 43.6 Å². The number of halogens is 1. The van der Waals surface area contributed by atoms with Gasteiger partial charge in [-0.05, 0) is 55.2 Å². The van der Waals surface area contributed by atoms with Gasteiger partial charge in [-0.1, -0.05) is 55.4 Å². The highest BCUT2D eigenvalue weighted by molar-refractivity contribution is 8.00. The summed E-state index contributed by atoms with van der Waals surface area (Å²) in [7, 11) is 1.87. The van der Waals surface area contributed by atoms with Gasteiger partial charge in [-0.2, -0.15) is 0 Å². The molecule has 1 unspecified atom stereocenters. The summed E-state index contributed by atoms with van der Waals surface area (Å²) in [5.74, 6) is 1.63. The molecule has 6 nitrogen and oxygen atoms in total. The van der Waals surface area contributed by atoms with Crippen LogP contribution in [-0.2, 0) is 18.4 Å². The molecule has 0 spiro atoms. The summed E-state index contributed by atoms with van der Waals surface area (Å²) in [5, 5.41) is 12.5. The molecule has 31 heavy (non-hydrogen) atoms. The van der Waals surface area contributed by atoms with Crippen LogP contribution in [0, 0.1) is 6.92 Å². The minimum atomic E-state index is -0.340. The first-order chi connectivity index (χ1) is 14.8. The number of aromatic nitrogens is 3. The Bertz CT molecular complexity index is 1050. The van der Waals surface area contributed by atoms with Crippen molar-refractivity contribution in [1.82, 2.24) is 14.8 Å². The summed E-state index contributed by atoms with van der Waals surface area (Å²) in [4.78, 5) is 12.9. The number of anilines is 1. The van der Waals surface area contributed by atoms with E-state index < -0.39 is 0 Å². The van der Waals surface area contributed by atoms with Gasteiger partial charge >= 0.3 is 0 Å². The van der Waals surface area contributed by atoms with E-state index in [4.69, 9.17) is 16.3 Å². The third-order valence-electron chi connectivity index (χ3n) is 4.93. The number of ether oxygens (including phenoxy) is 1. The molecule has 0 fully saturated rings. The molecule has 0 saturated heterocycles. The first-order valence-electron chi connectivity index (χ1n) is 10.1. The van der Waals surface area contributed by atoms with Crippen molar-refractivity contribution in [2.24, 2.45) is 7.05 Å². The van der Waals surface area contributed by atoms with Crippen LogP contribution in [0.25, 0.3) is 0 Å². The predicted octanol–water partition coefficient (Wildman–Crippen LogP) is 5.60. The summed E-state index contributed by atoms with van der Waals surface area (Å²) in [5.41, 5.74) is 3.08. The topological polar surface area (TPSA) is 69.0 Å². The molecule has 0 radical (unpaired) electrons. The van der Waals surface area contributed by atoms with Crippen molar-refractivity contribution < 1.29 is 9.53 Å². The molecule has 1 heterocycles. The lowest BCUT2D eigenvalue weighted by molar-refractivity contribution is -0.115. The van der Waals surface area contributed by atoms with E-state index in [1.807, 2.05) is 37.6 Å². The summed E-state index contributed by atoms with van der Waals surface area (Å²) >= 11 is 7.26. The number of carbonyl (C=O) groups excluding carboxylic acids is 1. The zero-order chi connectivity index (χ0) is 22.5. The van der Waals surface area contributed by atoms with Crippen molar-refractivity contribution in [1.29, 1.82) is 0 Å². The van der Waals surface area contributed by atoms with Crippen LogP contribution in [0.2, 0.25) is 5.02 Å². The van der Waals surface area contributed by atoms with Crippen LogP contribution in [0.15, 0.2) is 47.6 Å². The van der Waals surface area contributed by atoms with Gasteiger partial charge in [0, 0.05) is 17.8 Å². The maximum absolute atomic E-state index is 12.9. The summed E-state index contributed by atoms with van der Waals surface area (Å²) in [6, 6.07) is 13.2. The van der Waals surface area contributed by atoms with Gasteiger partial charge in [0.05, 0.1) is 5.25 Å². The van der Waals surface area contributed by atoms with E-state index in [-0.39, 0.29) is 17.8 Å². The average molecular weight is 459 g/mol. The molecule has 3 aromatic rings. The number of nitrogens with one attached hydrogen (secondary N) is 1. The summed E-state index contributed by atoms with van der Waals surface area (Å²) < 4.78 is 7.60. The Morgan fingerprint density at radius 3 is 2.55 bits per heavy atom. The largest absolute Gasteiger partial charge is 0.486 e. The molecule has 1 amide bonds. The third-order valence-corrected chi connectivity index (χ3v) is 6.32. The molecule has 164 valence electrons. The molecule has 0 aliphatic rings. The van der Waals surface area contributed by atoms with Gasteiger partial charge < -0.3 is 14.6 Å². The number of rotatable bonds is 8. The second-order valence-electron chi connectivity index (χ2n) is 7.64. The van der Waals surface area contributed by atoms with Gasteiger partial charge in [0.25, 0.3) is 0 Å². The summed E-state index contributed by atoms with van der Waals surface area (Å²) in [6.07, 6.45) is 0. The standard InChI is InChI=1S/C23H27ClN4O2S/c1-14(2)19-8-6-7-15(3)21(19)25-22(29)16(4)31-23-27-26-20(28(23)5)13-30-18-11-9-17(24)10-12-18/h6-12,14,16H,13H2,1-5H3,(H,25,29). The van der Waals surface area contributed by atoms with E-state index in [0.29, 0.717) is 27.7 Å². The second kappa shape index (κ2) is 10.2. The first kappa shape index (κ1) is 23.2.